The van der Waals surface area contributed by atoms with Crippen LogP contribution < -0.4 is 5.73 Å². The van der Waals surface area contributed by atoms with Crippen molar-refractivity contribution >= 4 is 16.5 Å². The normalized spacial score (nSPS) is 16.4. The van der Waals surface area contributed by atoms with Gasteiger partial charge in [0.1, 0.15) is 5.82 Å². The second-order valence-corrected chi connectivity index (χ2v) is 6.97. The van der Waals surface area contributed by atoms with E-state index in [-0.39, 0.29) is 11.7 Å². The van der Waals surface area contributed by atoms with Gasteiger partial charge in [-0.05, 0) is 43.4 Å². The molecule has 0 radical (unpaired) electrons. The average Bonchev–Trinajstić information content (AvgIpc) is 3.15. The molecular weight excluding hydrogens is 271 g/mol. The van der Waals surface area contributed by atoms with Crippen LogP contribution in [0.15, 0.2) is 18.2 Å². The van der Waals surface area contributed by atoms with E-state index in [1.807, 2.05) is 19.1 Å². The molecule has 0 spiro atoms. The molecule has 0 saturated heterocycles. The summed E-state index contributed by atoms with van der Waals surface area (Å²) in [7, 11) is 0. The predicted octanol–water partition coefficient (Wildman–Crippen LogP) is 4.41. The number of hydrogen-bond donors (Lipinski definition) is 1. The lowest BCUT2D eigenvalue weighted by Crippen LogP contribution is -2.05. The standard InChI is InChI=1S/C16H19FN2S/c1-9-3-6-12(8-14(9)17)13(7-11-4-5-11)15-10(2)20-16(18)19-15/h3,6,8,11,13H,4-5,7H2,1-2H3,(H2,18,19). The summed E-state index contributed by atoms with van der Waals surface area (Å²) in [5.41, 5.74) is 8.57. The largest absolute Gasteiger partial charge is 0.375 e. The fourth-order valence-electron chi connectivity index (χ4n) is 2.67. The summed E-state index contributed by atoms with van der Waals surface area (Å²) >= 11 is 1.52. The molecule has 1 aliphatic rings. The Labute approximate surface area is 122 Å². The van der Waals surface area contributed by atoms with Crippen molar-refractivity contribution in [1.82, 2.24) is 4.98 Å². The van der Waals surface area contributed by atoms with Crippen LogP contribution in [0.5, 0.6) is 0 Å². The van der Waals surface area contributed by atoms with Gasteiger partial charge in [-0.2, -0.15) is 0 Å². The Hall–Kier alpha value is -1.42. The first kappa shape index (κ1) is 13.6. The Kier molecular flexibility index (Phi) is 3.50. The number of anilines is 1. The predicted molar refractivity (Wildman–Crippen MR) is 81.6 cm³/mol. The molecule has 1 atom stereocenters. The van der Waals surface area contributed by atoms with E-state index in [4.69, 9.17) is 5.73 Å². The van der Waals surface area contributed by atoms with Gasteiger partial charge in [-0.25, -0.2) is 9.37 Å². The van der Waals surface area contributed by atoms with E-state index < -0.39 is 0 Å². The maximum Gasteiger partial charge on any atom is 0.180 e. The fourth-order valence-corrected chi connectivity index (χ4v) is 3.42. The summed E-state index contributed by atoms with van der Waals surface area (Å²) in [6, 6.07) is 5.55. The van der Waals surface area contributed by atoms with E-state index in [1.54, 1.807) is 13.0 Å². The van der Waals surface area contributed by atoms with Crippen molar-refractivity contribution in [2.24, 2.45) is 5.92 Å². The number of nitrogen functional groups attached to an aromatic ring is 1. The highest BCUT2D eigenvalue weighted by Gasteiger charge is 2.29. The third kappa shape index (κ3) is 2.70. The van der Waals surface area contributed by atoms with Crippen LogP contribution >= 0.6 is 11.3 Å². The number of halogens is 1. The van der Waals surface area contributed by atoms with Crippen molar-refractivity contribution in [3.05, 3.63) is 45.7 Å². The van der Waals surface area contributed by atoms with Gasteiger partial charge in [-0.3, -0.25) is 0 Å². The molecule has 1 saturated carbocycles. The van der Waals surface area contributed by atoms with Crippen LogP contribution in [-0.4, -0.2) is 4.98 Å². The Morgan fingerprint density at radius 3 is 2.70 bits per heavy atom. The molecule has 4 heteroatoms. The first-order valence-corrected chi connectivity index (χ1v) is 7.85. The van der Waals surface area contributed by atoms with Crippen LogP contribution in [0.4, 0.5) is 9.52 Å². The molecule has 2 N–H and O–H groups in total. The number of rotatable bonds is 4. The highest BCUT2D eigenvalue weighted by molar-refractivity contribution is 7.15. The Bertz CT molecular complexity index is 631. The van der Waals surface area contributed by atoms with Crippen LogP contribution in [0.3, 0.4) is 0 Å². The summed E-state index contributed by atoms with van der Waals surface area (Å²) in [6.07, 6.45) is 3.61. The minimum atomic E-state index is -0.135. The van der Waals surface area contributed by atoms with Gasteiger partial charge < -0.3 is 5.73 Å². The lowest BCUT2D eigenvalue weighted by atomic mass is 9.89. The van der Waals surface area contributed by atoms with Crippen molar-refractivity contribution in [3.63, 3.8) is 0 Å². The zero-order valence-electron chi connectivity index (χ0n) is 11.8. The van der Waals surface area contributed by atoms with E-state index >= 15 is 0 Å². The highest BCUT2D eigenvalue weighted by Crippen LogP contribution is 2.43. The highest BCUT2D eigenvalue weighted by atomic mass is 32.1. The van der Waals surface area contributed by atoms with Crippen LogP contribution in [0, 0.1) is 25.6 Å². The van der Waals surface area contributed by atoms with Crippen LogP contribution in [-0.2, 0) is 0 Å². The van der Waals surface area contributed by atoms with Gasteiger partial charge in [0.05, 0.1) is 5.69 Å². The molecule has 0 bridgehead atoms. The van der Waals surface area contributed by atoms with Crippen molar-refractivity contribution in [2.75, 3.05) is 5.73 Å². The Morgan fingerprint density at radius 2 is 2.15 bits per heavy atom. The summed E-state index contributed by atoms with van der Waals surface area (Å²) in [5.74, 6) is 0.794. The minimum Gasteiger partial charge on any atom is -0.375 e. The van der Waals surface area contributed by atoms with E-state index in [0.29, 0.717) is 10.7 Å². The van der Waals surface area contributed by atoms with Crippen LogP contribution in [0.1, 0.15) is 46.9 Å². The third-order valence-electron chi connectivity index (χ3n) is 4.04. The number of benzene rings is 1. The van der Waals surface area contributed by atoms with Crippen molar-refractivity contribution < 1.29 is 4.39 Å². The maximum absolute atomic E-state index is 13.9. The molecule has 0 amide bonds. The number of aromatic nitrogens is 1. The number of nitrogens with two attached hydrogens (primary N) is 1. The Balaban J connectivity index is 2.00. The summed E-state index contributed by atoms with van der Waals surface area (Å²) in [4.78, 5) is 5.64. The van der Waals surface area contributed by atoms with E-state index in [2.05, 4.69) is 4.98 Å². The van der Waals surface area contributed by atoms with Crippen molar-refractivity contribution in [1.29, 1.82) is 0 Å². The van der Waals surface area contributed by atoms with Gasteiger partial charge in [0.15, 0.2) is 5.13 Å². The average molecular weight is 290 g/mol. The molecule has 1 aromatic heterocycles. The lowest BCUT2D eigenvalue weighted by Gasteiger charge is -2.17. The lowest BCUT2D eigenvalue weighted by molar-refractivity contribution is 0.600. The molecule has 2 nitrogen and oxygen atoms in total. The second kappa shape index (κ2) is 5.17. The summed E-state index contributed by atoms with van der Waals surface area (Å²) in [6.45, 7) is 3.84. The number of thiazole rings is 1. The SMILES string of the molecule is Cc1ccc(C(CC2CC2)c2nc(N)sc2C)cc1F. The number of hydrogen-bond acceptors (Lipinski definition) is 3. The molecule has 1 unspecified atom stereocenters. The van der Waals surface area contributed by atoms with E-state index in [1.165, 1.54) is 24.2 Å². The van der Waals surface area contributed by atoms with E-state index in [9.17, 15) is 4.39 Å². The maximum atomic E-state index is 13.9. The molecule has 1 aliphatic carbocycles. The zero-order chi connectivity index (χ0) is 14.3. The molecule has 2 aromatic rings. The quantitative estimate of drug-likeness (QED) is 0.905. The van der Waals surface area contributed by atoms with Gasteiger partial charge in [-0.15, -0.1) is 11.3 Å². The molecule has 1 heterocycles. The van der Waals surface area contributed by atoms with Crippen LogP contribution in [0.25, 0.3) is 0 Å². The zero-order valence-corrected chi connectivity index (χ0v) is 12.6. The van der Waals surface area contributed by atoms with Crippen molar-refractivity contribution in [3.8, 4) is 0 Å². The van der Waals surface area contributed by atoms with Gasteiger partial charge in [-0.1, -0.05) is 25.0 Å². The Morgan fingerprint density at radius 1 is 1.40 bits per heavy atom. The van der Waals surface area contributed by atoms with Crippen LogP contribution in [0.2, 0.25) is 0 Å². The second-order valence-electron chi connectivity index (χ2n) is 5.73. The van der Waals surface area contributed by atoms with Crippen molar-refractivity contribution in [2.45, 2.75) is 39.0 Å². The number of nitrogens with zero attached hydrogens (tertiary/aromatic N) is 1. The first-order valence-electron chi connectivity index (χ1n) is 7.03. The van der Waals surface area contributed by atoms with Gasteiger partial charge >= 0.3 is 0 Å². The fraction of sp³-hybridized carbons (Fsp3) is 0.438. The van der Waals surface area contributed by atoms with Gasteiger partial charge in [0.25, 0.3) is 0 Å². The molecule has 20 heavy (non-hydrogen) atoms. The summed E-state index contributed by atoms with van der Waals surface area (Å²) < 4.78 is 13.9. The molecule has 1 aromatic carbocycles. The molecule has 1 fully saturated rings. The van der Waals surface area contributed by atoms with E-state index in [0.717, 1.165) is 28.5 Å². The smallest absolute Gasteiger partial charge is 0.180 e. The molecule has 0 aliphatic heterocycles. The molecule has 3 rings (SSSR count). The monoisotopic (exact) mass is 290 g/mol. The topological polar surface area (TPSA) is 38.9 Å². The first-order chi connectivity index (χ1) is 9.54. The van der Waals surface area contributed by atoms with Gasteiger partial charge in [0.2, 0.25) is 0 Å². The summed E-state index contributed by atoms with van der Waals surface area (Å²) in [5, 5.41) is 0.603. The number of aryl methyl sites for hydroxylation is 2. The molecule has 106 valence electrons. The third-order valence-corrected chi connectivity index (χ3v) is 4.86. The molecular formula is C16H19FN2S. The van der Waals surface area contributed by atoms with Gasteiger partial charge in [0, 0.05) is 10.8 Å². The minimum absolute atomic E-state index is 0.135.